The first-order valence-electron chi connectivity index (χ1n) is 8.50. The Bertz CT molecular complexity index is 642. The Morgan fingerprint density at radius 3 is 2.60 bits per heavy atom. The molecule has 0 spiro atoms. The molecule has 1 atom stereocenters. The lowest BCUT2D eigenvalue weighted by Gasteiger charge is -2.40. The monoisotopic (exact) mass is 348 g/mol. The zero-order valence-corrected chi connectivity index (χ0v) is 14.8. The van der Waals surface area contributed by atoms with Gasteiger partial charge in [0.05, 0.1) is 26.2 Å². The fourth-order valence-electron chi connectivity index (χ4n) is 3.06. The number of hydrogen-bond acceptors (Lipinski definition) is 5. The van der Waals surface area contributed by atoms with Crippen LogP contribution in [0.15, 0.2) is 24.3 Å². The number of cyclic esters (lactones) is 1. The first kappa shape index (κ1) is 17.4. The summed E-state index contributed by atoms with van der Waals surface area (Å²) in [7, 11) is 1.60. The Morgan fingerprint density at radius 1 is 1.28 bits per heavy atom. The smallest absolute Gasteiger partial charge is 0.410 e. The van der Waals surface area contributed by atoms with Gasteiger partial charge in [-0.3, -0.25) is 9.69 Å². The van der Waals surface area contributed by atoms with Crippen molar-refractivity contribution in [1.29, 1.82) is 0 Å². The minimum Gasteiger partial charge on any atom is -0.493 e. The van der Waals surface area contributed by atoms with Gasteiger partial charge < -0.3 is 19.1 Å². The van der Waals surface area contributed by atoms with E-state index in [9.17, 15) is 9.59 Å². The second-order valence-corrected chi connectivity index (χ2v) is 6.71. The van der Waals surface area contributed by atoms with E-state index in [0.717, 1.165) is 0 Å². The standard InChI is InChI=1S/C18H24N2O5/c1-12(2)14-11-24-18(22)20(14)10-17(21)19-8-13(9-19)25-16-7-5-4-6-15(16)23-3/h4-7,12-14H,8-11H2,1-3H3. The Morgan fingerprint density at radius 2 is 1.96 bits per heavy atom. The lowest BCUT2D eigenvalue weighted by molar-refractivity contribution is -0.141. The molecule has 0 saturated carbocycles. The summed E-state index contributed by atoms with van der Waals surface area (Å²) in [6, 6.07) is 7.39. The van der Waals surface area contributed by atoms with Crippen molar-refractivity contribution in [1.82, 2.24) is 9.80 Å². The number of carbonyl (C=O) groups excluding carboxylic acids is 2. The van der Waals surface area contributed by atoms with Crippen LogP contribution < -0.4 is 9.47 Å². The third kappa shape index (κ3) is 3.65. The van der Waals surface area contributed by atoms with E-state index in [-0.39, 0.29) is 30.5 Å². The molecule has 136 valence electrons. The highest BCUT2D eigenvalue weighted by Gasteiger charge is 2.39. The molecule has 1 unspecified atom stereocenters. The predicted molar refractivity (Wildman–Crippen MR) is 90.7 cm³/mol. The minimum atomic E-state index is -0.408. The van der Waals surface area contributed by atoms with Crippen LogP contribution in [0.4, 0.5) is 4.79 Å². The van der Waals surface area contributed by atoms with E-state index in [1.165, 1.54) is 4.90 Å². The third-order valence-electron chi connectivity index (χ3n) is 4.65. The quantitative estimate of drug-likeness (QED) is 0.784. The summed E-state index contributed by atoms with van der Waals surface area (Å²) in [6.45, 7) is 5.46. The Hall–Kier alpha value is -2.44. The molecule has 2 aliphatic heterocycles. The van der Waals surface area contributed by atoms with E-state index in [1.54, 1.807) is 12.0 Å². The van der Waals surface area contributed by atoms with Crippen molar-refractivity contribution in [3.63, 3.8) is 0 Å². The van der Waals surface area contributed by atoms with Crippen LogP contribution in [0, 0.1) is 5.92 Å². The summed E-state index contributed by atoms with van der Waals surface area (Å²) in [5.74, 6) is 1.51. The van der Waals surface area contributed by atoms with Gasteiger partial charge in [-0.15, -0.1) is 0 Å². The van der Waals surface area contributed by atoms with Gasteiger partial charge in [0.15, 0.2) is 11.5 Å². The average molecular weight is 348 g/mol. The molecule has 2 aliphatic rings. The summed E-state index contributed by atoms with van der Waals surface area (Å²) >= 11 is 0. The van der Waals surface area contributed by atoms with Crippen LogP contribution in [0.1, 0.15) is 13.8 Å². The topological polar surface area (TPSA) is 68.3 Å². The van der Waals surface area contributed by atoms with E-state index in [1.807, 2.05) is 38.1 Å². The zero-order valence-electron chi connectivity index (χ0n) is 14.8. The molecular formula is C18H24N2O5. The van der Waals surface area contributed by atoms with Crippen LogP contribution in [0.2, 0.25) is 0 Å². The molecule has 0 bridgehead atoms. The number of hydrogen-bond donors (Lipinski definition) is 0. The van der Waals surface area contributed by atoms with Crippen molar-refractivity contribution in [2.45, 2.75) is 26.0 Å². The zero-order chi connectivity index (χ0) is 18.0. The molecule has 0 aromatic heterocycles. The first-order valence-corrected chi connectivity index (χ1v) is 8.50. The van der Waals surface area contributed by atoms with Crippen molar-refractivity contribution in [3.05, 3.63) is 24.3 Å². The Kier molecular flexibility index (Phi) is 5.01. The summed E-state index contributed by atoms with van der Waals surface area (Å²) in [4.78, 5) is 27.5. The predicted octanol–water partition coefficient (Wildman–Crippen LogP) is 1.76. The van der Waals surface area contributed by atoms with E-state index >= 15 is 0 Å². The highest BCUT2D eigenvalue weighted by Crippen LogP contribution is 2.29. The molecule has 3 rings (SSSR count). The maximum absolute atomic E-state index is 12.4. The van der Waals surface area contributed by atoms with Crippen LogP contribution in [0.5, 0.6) is 11.5 Å². The Labute approximate surface area is 147 Å². The molecule has 2 fully saturated rings. The number of carbonyl (C=O) groups is 2. The van der Waals surface area contributed by atoms with Gasteiger partial charge in [-0.2, -0.15) is 0 Å². The van der Waals surface area contributed by atoms with Crippen molar-refractivity contribution < 1.29 is 23.8 Å². The molecule has 2 saturated heterocycles. The minimum absolute atomic E-state index is 0.0432. The second-order valence-electron chi connectivity index (χ2n) is 6.71. The normalized spacial score (nSPS) is 20.5. The highest BCUT2D eigenvalue weighted by atomic mass is 16.6. The number of amides is 2. The van der Waals surface area contributed by atoms with E-state index in [0.29, 0.717) is 31.2 Å². The molecular weight excluding hydrogens is 324 g/mol. The van der Waals surface area contributed by atoms with Gasteiger partial charge in [-0.25, -0.2) is 4.79 Å². The second kappa shape index (κ2) is 7.21. The number of nitrogens with zero attached hydrogens (tertiary/aromatic N) is 2. The van der Waals surface area contributed by atoms with Crippen LogP contribution in [0.25, 0.3) is 0 Å². The van der Waals surface area contributed by atoms with E-state index < -0.39 is 6.09 Å². The molecule has 7 heteroatoms. The van der Waals surface area contributed by atoms with Crippen LogP contribution >= 0.6 is 0 Å². The molecule has 0 radical (unpaired) electrons. The van der Waals surface area contributed by atoms with Crippen molar-refractivity contribution in [2.24, 2.45) is 5.92 Å². The maximum Gasteiger partial charge on any atom is 0.410 e. The van der Waals surface area contributed by atoms with Gasteiger partial charge in [0.1, 0.15) is 19.3 Å². The van der Waals surface area contributed by atoms with Gasteiger partial charge in [0, 0.05) is 0 Å². The van der Waals surface area contributed by atoms with Crippen LogP contribution in [0.3, 0.4) is 0 Å². The summed E-state index contributed by atoms with van der Waals surface area (Å²) in [5.41, 5.74) is 0. The third-order valence-corrected chi connectivity index (χ3v) is 4.65. The number of ether oxygens (including phenoxy) is 3. The molecule has 25 heavy (non-hydrogen) atoms. The van der Waals surface area contributed by atoms with Crippen molar-refractivity contribution in [3.8, 4) is 11.5 Å². The van der Waals surface area contributed by atoms with Crippen molar-refractivity contribution in [2.75, 3.05) is 33.4 Å². The van der Waals surface area contributed by atoms with Gasteiger partial charge in [-0.05, 0) is 18.1 Å². The van der Waals surface area contributed by atoms with E-state index in [2.05, 4.69) is 0 Å². The molecule has 0 N–H and O–H groups in total. The van der Waals surface area contributed by atoms with Crippen LogP contribution in [-0.2, 0) is 9.53 Å². The van der Waals surface area contributed by atoms with Gasteiger partial charge in [-0.1, -0.05) is 26.0 Å². The SMILES string of the molecule is COc1ccccc1OC1CN(C(=O)CN2C(=O)OCC2C(C)C)C1. The van der Waals surface area contributed by atoms with Crippen molar-refractivity contribution >= 4 is 12.0 Å². The lowest BCUT2D eigenvalue weighted by atomic mass is 10.0. The summed E-state index contributed by atoms with van der Waals surface area (Å²) < 4.78 is 16.2. The summed E-state index contributed by atoms with van der Waals surface area (Å²) in [5, 5.41) is 0. The molecule has 1 aromatic rings. The fourth-order valence-corrected chi connectivity index (χ4v) is 3.06. The molecule has 2 amide bonds. The molecule has 2 heterocycles. The number of methoxy groups -OCH3 is 1. The molecule has 0 aliphatic carbocycles. The fraction of sp³-hybridized carbons (Fsp3) is 0.556. The van der Waals surface area contributed by atoms with E-state index in [4.69, 9.17) is 14.2 Å². The van der Waals surface area contributed by atoms with Gasteiger partial charge >= 0.3 is 6.09 Å². The highest BCUT2D eigenvalue weighted by molar-refractivity contribution is 5.83. The average Bonchev–Trinajstić information content (AvgIpc) is 2.91. The molecule has 1 aromatic carbocycles. The molecule has 7 nitrogen and oxygen atoms in total. The number of benzene rings is 1. The Balaban J connectivity index is 1.51. The number of para-hydroxylation sites is 2. The maximum atomic E-state index is 12.4. The largest absolute Gasteiger partial charge is 0.493 e. The van der Waals surface area contributed by atoms with Gasteiger partial charge in [0.25, 0.3) is 0 Å². The first-order chi connectivity index (χ1) is 12.0. The summed E-state index contributed by atoms with van der Waals surface area (Å²) in [6.07, 6.45) is -0.471. The van der Waals surface area contributed by atoms with Gasteiger partial charge in [0.2, 0.25) is 5.91 Å². The number of likely N-dealkylation sites (tertiary alicyclic amines) is 1. The van der Waals surface area contributed by atoms with Crippen LogP contribution in [-0.4, -0.2) is 67.3 Å². The lowest BCUT2D eigenvalue weighted by Crippen LogP contribution is -2.58. The number of rotatable bonds is 6.